The van der Waals surface area contributed by atoms with Crippen molar-refractivity contribution in [2.45, 2.75) is 41.6 Å². The van der Waals surface area contributed by atoms with Gasteiger partial charge in [-0.15, -0.1) is 0 Å². The molecule has 15 heavy (non-hydrogen) atoms. The van der Waals surface area contributed by atoms with Crippen LogP contribution < -0.4 is 17.0 Å². The Bertz CT molecular complexity index is 246. The normalized spacial score (nSPS) is 10.9. The molecule has 0 nitrogen and oxygen atoms in total. The summed E-state index contributed by atoms with van der Waals surface area (Å²) in [5, 5.41) is 5.78. The van der Waals surface area contributed by atoms with Crippen molar-refractivity contribution in [3.05, 3.63) is 35.9 Å². The summed E-state index contributed by atoms with van der Waals surface area (Å²) in [5.41, 5.74) is 1.56. The van der Waals surface area contributed by atoms with Crippen LogP contribution in [-0.2, 0) is 5.21 Å². The second kappa shape index (κ2) is 7.52. The first-order valence-corrected chi connectivity index (χ1v) is 11.0. The first-order chi connectivity index (χ1) is 6.76. The Kier molecular flexibility index (Phi) is 7.65. The molecule has 0 aliphatic carbocycles. The van der Waals surface area contributed by atoms with Crippen molar-refractivity contribution < 1.29 is 17.0 Å². The van der Waals surface area contributed by atoms with Crippen LogP contribution >= 0.6 is 0 Å². The Balaban J connectivity index is 0.00000196. The van der Waals surface area contributed by atoms with E-state index in [0.29, 0.717) is 0 Å². The molecule has 0 saturated carbocycles. The maximum atomic E-state index is 2.39. The maximum Gasteiger partial charge on any atom is -1.00 e. The summed E-state index contributed by atoms with van der Waals surface area (Å²) >= 11 is -1.31. The molecule has 0 radical (unpaired) electrons. The fraction of sp³-hybridized carbons (Fsp3) is 0.538. The van der Waals surface area contributed by atoms with Crippen LogP contribution in [0.4, 0.5) is 0 Å². The molecular formula is C13H22AsBr. The van der Waals surface area contributed by atoms with Crippen LogP contribution in [0.3, 0.4) is 0 Å². The van der Waals surface area contributed by atoms with E-state index >= 15 is 0 Å². The number of hydrogen-bond donors (Lipinski definition) is 0. The van der Waals surface area contributed by atoms with E-state index in [1.54, 1.807) is 5.56 Å². The van der Waals surface area contributed by atoms with Gasteiger partial charge >= 0.3 is 91.1 Å². The summed E-state index contributed by atoms with van der Waals surface area (Å²) in [6.07, 6.45) is 0. The molecule has 1 rings (SSSR count). The summed E-state index contributed by atoms with van der Waals surface area (Å²) in [5.74, 6) is 0. The van der Waals surface area contributed by atoms with Gasteiger partial charge in [0.2, 0.25) is 0 Å². The van der Waals surface area contributed by atoms with Gasteiger partial charge in [0.15, 0.2) is 0 Å². The molecule has 86 valence electrons. The summed E-state index contributed by atoms with van der Waals surface area (Å²) < 4.78 is 0. The van der Waals surface area contributed by atoms with E-state index in [-0.39, 0.29) is 17.0 Å². The van der Waals surface area contributed by atoms with Gasteiger partial charge < -0.3 is 17.0 Å². The zero-order chi connectivity index (χ0) is 10.4. The molecule has 0 atom stereocenters. The van der Waals surface area contributed by atoms with Crippen LogP contribution in [0.2, 0.25) is 15.6 Å². The van der Waals surface area contributed by atoms with Gasteiger partial charge in [-0.25, -0.2) is 0 Å². The molecule has 0 amide bonds. The Morgan fingerprint density at radius 2 is 1.33 bits per heavy atom. The van der Waals surface area contributed by atoms with Gasteiger partial charge in [-0.3, -0.25) is 0 Å². The van der Waals surface area contributed by atoms with Crippen LogP contribution in [0, 0.1) is 0 Å². The van der Waals surface area contributed by atoms with E-state index in [0.717, 1.165) is 0 Å². The molecule has 0 unspecified atom stereocenters. The number of halogens is 1. The van der Waals surface area contributed by atoms with Crippen LogP contribution in [0.25, 0.3) is 0 Å². The zero-order valence-corrected chi connectivity index (χ0v) is 13.5. The molecule has 1 aromatic rings. The minimum atomic E-state index is -1.31. The van der Waals surface area contributed by atoms with Crippen molar-refractivity contribution in [3.63, 3.8) is 0 Å². The van der Waals surface area contributed by atoms with E-state index in [9.17, 15) is 0 Å². The predicted molar refractivity (Wildman–Crippen MR) is 67.3 cm³/mol. The second-order valence-corrected chi connectivity index (χ2v) is 14.2. The monoisotopic (exact) mass is 332 g/mol. The van der Waals surface area contributed by atoms with Gasteiger partial charge in [-0.2, -0.15) is 0 Å². The zero-order valence-electron chi connectivity index (χ0n) is 10.0. The van der Waals surface area contributed by atoms with Crippen molar-refractivity contribution >= 4 is 13.6 Å². The Labute approximate surface area is 108 Å². The third-order valence-corrected chi connectivity index (χ3v) is 14.0. The van der Waals surface area contributed by atoms with Crippen LogP contribution in [0.5, 0.6) is 0 Å². The van der Waals surface area contributed by atoms with Crippen LogP contribution in [0.15, 0.2) is 30.3 Å². The SMILES string of the molecule is CC[As+](CC)(CC)Cc1ccccc1.[Br-]. The fourth-order valence-corrected chi connectivity index (χ4v) is 8.27. The van der Waals surface area contributed by atoms with E-state index in [4.69, 9.17) is 0 Å². The first-order valence-electron chi connectivity index (χ1n) is 5.65. The van der Waals surface area contributed by atoms with Crippen LogP contribution in [0.1, 0.15) is 26.3 Å². The van der Waals surface area contributed by atoms with Crippen LogP contribution in [-0.4, -0.2) is 13.6 Å². The average Bonchev–Trinajstić information content (AvgIpc) is 2.28. The average molecular weight is 333 g/mol. The van der Waals surface area contributed by atoms with Gasteiger partial charge in [0.1, 0.15) is 0 Å². The summed E-state index contributed by atoms with van der Waals surface area (Å²) in [6.45, 7) is 7.18. The van der Waals surface area contributed by atoms with E-state index in [1.807, 2.05) is 0 Å². The largest absolute Gasteiger partial charge is 1.00 e. The third-order valence-electron chi connectivity index (χ3n) is 3.37. The molecule has 0 aliphatic rings. The molecule has 0 aliphatic heterocycles. The Morgan fingerprint density at radius 1 is 0.867 bits per heavy atom. The van der Waals surface area contributed by atoms with Gasteiger partial charge in [0, 0.05) is 0 Å². The van der Waals surface area contributed by atoms with Crippen molar-refractivity contribution in [1.29, 1.82) is 0 Å². The molecule has 0 spiro atoms. The summed E-state index contributed by atoms with van der Waals surface area (Å²) in [7, 11) is 0. The Morgan fingerprint density at radius 3 is 1.73 bits per heavy atom. The fourth-order valence-electron chi connectivity index (χ4n) is 1.98. The van der Waals surface area contributed by atoms with Gasteiger partial charge in [0.05, 0.1) is 0 Å². The summed E-state index contributed by atoms with van der Waals surface area (Å²) in [6, 6.07) is 11.0. The third kappa shape index (κ3) is 4.32. The van der Waals surface area contributed by atoms with Gasteiger partial charge in [-0.1, -0.05) is 0 Å². The van der Waals surface area contributed by atoms with Crippen molar-refractivity contribution in [2.24, 2.45) is 0 Å². The molecule has 0 aromatic heterocycles. The van der Waals surface area contributed by atoms with E-state index in [1.165, 1.54) is 20.8 Å². The maximum absolute atomic E-state index is 2.39. The van der Waals surface area contributed by atoms with Gasteiger partial charge in [0.25, 0.3) is 0 Å². The Hall–Kier alpha value is 0.258. The minimum Gasteiger partial charge on any atom is -1.00 e. The van der Waals surface area contributed by atoms with Gasteiger partial charge in [-0.05, 0) is 0 Å². The molecule has 1 aromatic carbocycles. The molecule has 0 saturated heterocycles. The topological polar surface area (TPSA) is 0 Å². The second-order valence-electron chi connectivity index (χ2n) is 3.93. The minimum absolute atomic E-state index is 0. The van der Waals surface area contributed by atoms with E-state index in [2.05, 4.69) is 51.1 Å². The van der Waals surface area contributed by atoms with Crippen molar-refractivity contribution in [2.75, 3.05) is 0 Å². The number of hydrogen-bond acceptors (Lipinski definition) is 0. The predicted octanol–water partition coefficient (Wildman–Crippen LogP) is 1.28. The van der Waals surface area contributed by atoms with Crippen molar-refractivity contribution in [3.8, 4) is 0 Å². The molecule has 0 heterocycles. The molecular weight excluding hydrogens is 311 g/mol. The molecule has 0 bridgehead atoms. The first kappa shape index (κ1) is 15.3. The smallest absolute Gasteiger partial charge is 1.00 e. The number of rotatable bonds is 5. The molecule has 0 fully saturated rings. The molecule has 2 heteroatoms. The molecule has 0 N–H and O–H groups in total. The van der Waals surface area contributed by atoms with Crippen molar-refractivity contribution in [1.82, 2.24) is 0 Å². The van der Waals surface area contributed by atoms with E-state index < -0.39 is 13.6 Å². The quantitative estimate of drug-likeness (QED) is 0.713. The number of benzene rings is 1. The standard InChI is InChI=1S/C13H22As.BrH/c1-4-14(5-2,6-3)12-13-10-8-7-9-11-13;/h7-11H,4-6,12H2,1-3H3;1H/q+1;/p-1. The summed E-state index contributed by atoms with van der Waals surface area (Å²) in [4.78, 5) is 0.